The molecule has 0 atom stereocenters. The van der Waals surface area contributed by atoms with Crippen molar-refractivity contribution < 1.29 is 20.6 Å². The van der Waals surface area contributed by atoms with Crippen molar-refractivity contribution in [3.05, 3.63) is 169 Å². The van der Waals surface area contributed by atoms with Gasteiger partial charge in [0.15, 0.2) is 5.82 Å². The lowest BCUT2D eigenvalue weighted by Gasteiger charge is -2.11. The van der Waals surface area contributed by atoms with Crippen molar-refractivity contribution in [2.24, 2.45) is 0 Å². The van der Waals surface area contributed by atoms with Gasteiger partial charge in [-0.15, -0.1) is 0 Å². The molecule has 4 heteroatoms. The molecule has 7 aromatic carbocycles. The highest BCUT2D eigenvalue weighted by Gasteiger charge is 2.19. The van der Waals surface area contributed by atoms with Crippen molar-refractivity contribution in [3.63, 3.8) is 0 Å². The topological polar surface area (TPSA) is 35.6 Å². The standard InChI is InChI=1S/C44H28N4/c1-3-13-29(14-4-1)43-35-19-7-10-20-38(35)45-44(46-43)30-23-25-32(26-24-30)48-40-22-12-9-18-34(40)37-27-41-36(28-42(37)48)33-17-8-11-21-39(33)47(41)31-15-5-2-6-16-31/h1-28H/i2D,5D,6D,8D,9D,11D,12D,15D,16D,17D,18D,21D,22D,27D,28D. The molecule has 10 aromatic rings. The van der Waals surface area contributed by atoms with E-state index in [0.717, 1.165) is 15.5 Å². The summed E-state index contributed by atoms with van der Waals surface area (Å²) in [6.07, 6.45) is 0. The minimum Gasteiger partial charge on any atom is -0.309 e. The zero-order chi connectivity index (χ0) is 44.7. The van der Waals surface area contributed by atoms with Crippen LogP contribution in [0.1, 0.15) is 20.6 Å². The van der Waals surface area contributed by atoms with Crippen molar-refractivity contribution in [3.8, 4) is 34.0 Å². The molecule has 10 rings (SSSR count). The average Bonchev–Trinajstić information content (AvgIpc) is 3.85. The quantitative estimate of drug-likeness (QED) is 0.195. The van der Waals surface area contributed by atoms with Gasteiger partial charge >= 0.3 is 0 Å². The van der Waals surface area contributed by atoms with Gasteiger partial charge < -0.3 is 9.13 Å². The van der Waals surface area contributed by atoms with Crippen molar-refractivity contribution in [1.82, 2.24) is 19.1 Å². The van der Waals surface area contributed by atoms with E-state index in [4.69, 9.17) is 27.8 Å². The van der Waals surface area contributed by atoms with Gasteiger partial charge in [-0.2, -0.15) is 0 Å². The first kappa shape index (κ1) is 15.9. The van der Waals surface area contributed by atoms with Crippen LogP contribution in [0.25, 0.3) is 88.5 Å². The molecule has 0 spiro atoms. The summed E-state index contributed by atoms with van der Waals surface area (Å²) in [5, 5.41) is 0.0495. The number of hydrogen-bond donors (Lipinski definition) is 0. The number of aromatic nitrogens is 4. The molecule has 3 heterocycles. The van der Waals surface area contributed by atoms with E-state index in [2.05, 4.69) is 0 Å². The van der Waals surface area contributed by atoms with Gasteiger partial charge in [0, 0.05) is 49.4 Å². The van der Waals surface area contributed by atoms with E-state index < -0.39 is 96.3 Å². The number of benzene rings is 7. The highest BCUT2D eigenvalue weighted by molar-refractivity contribution is 6.19. The molecule has 224 valence electrons. The average molecular weight is 628 g/mol. The molecule has 0 bridgehead atoms. The van der Waals surface area contributed by atoms with Crippen LogP contribution in [-0.2, 0) is 0 Å². The van der Waals surface area contributed by atoms with Crippen molar-refractivity contribution in [2.75, 3.05) is 0 Å². The van der Waals surface area contributed by atoms with Crippen LogP contribution in [0, 0.1) is 0 Å². The number of hydrogen-bond acceptors (Lipinski definition) is 2. The van der Waals surface area contributed by atoms with Crippen LogP contribution in [0.2, 0.25) is 0 Å². The molecule has 4 nitrogen and oxygen atoms in total. The maximum absolute atomic E-state index is 9.93. The van der Waals surface area contributed by atoms with Crippen LogP contribution in [-0.4, -0.2) is 19.1 Å². The summed E-state index contributed by atoms with van der Waals surface area (Å²) in [4.78, 5) is 9.80. The zero-order valence-electron chi connectivity index (χ0n) is 39.8. The summed E-state index contributed by atoms with van der Waals surface area (Å²) in [7, 11) is 0. The maximum atomic E-state index is 9.93. The Morgan fingerprint density at radius 1 is 0.417 bits per heavy atom. The fourth-order valence-electron chi connectivity index (χ4n) is 6.33. The van der Waals surface area contributed by atoms with Crippen LogP contribution in [0.3, 0.4) is 0 Å². The second-order valence-corrected chi connectivity index (χ2v) is 11.1. The monoisotopic (exact) mass is 627 g/mol. The first-order valence-corrected chi connectivity index (χ1v) is 15.0. The summed E-state index contributed by atoms with van der Waals surface area (Å²) in [6, 6.07) is 14.5. The Kier molecular flexibility index (Phi) is 3.47. The van der Waals surface area contributed by atoms with Crippen molar-refractivity contribution in [2.45, 2.75) is 0 Å². The SMILES string of the molecule is [2H]c1c([2H])c([2H])c(-n2c3c([2H])c([2H])c([2H])c([2H])c3c3c([2H])c4c(c([2H])c32)c2c([2H])c([2H])c([2H])c([2H])c2n4-c2ccc(-c3nc(-c4ccccc4)c4ccccc4n3)cc2)c([2H])c1[2H]. The number of nitrogens with zero attached hydrogens (tertiary/aromatic N) is 4. The fraction of sp³-hybridized carbons (Fsp3) is 0. The Hall–Kier alpha value is -6.52. The molecule has 0 N–H and O–H groups in total. The molecule has 0 saturated heterocycles. The van der Waals surface area contributed by atoms with Gasteiger partial charge in [0.1, 0.15) is 0 Å². The molecule has 0 aliphatic carbocycles. The lowest BCUT2D eigenvalue weighted by Crippen LogP contribution is -1.97. The smallest absolute Gasteiger partial charge is 0.160 e. The zero-order valence-corrected chi connectivity index (χ0v) is 24.8. The summed E-state index contributed by atoms with van der Waals surface area (Å²) in [5.41, 5.74) is 1.80. The second-order valence-electron chi connectivity index (χ2n) is 11.1. The Bertz CT molecular complexity index is 3650. The molecule has 0 radical (unpaired) electrons. The first-order valence-electron chi connectivity index (χ1n) is 22.5. The lowest BCUT2D eigenvalue weighted by atomic mass is 10.1. The third-order valence-corrected chi connectivity index (χ3v) is 8.43. The Labute approximate surface area is 297 Å². The number of para-hydroxylation sites is 4. The van der Waals surface area contributed by atoms with Crippen LogP contribution >= 0.6 is 0 Å². The lowest BCUT2D eigenvalue weighted by molar-refractivity contribution is 1.17. The van der Waals surface area contributed by atoms with Gasteiger partial charge in [-0.05, 0) is 66.6 Å². The molecule has 0 saturated carbocycles. The Balaban J connectivity index is 1.35. The van der Waals surface area contributed by atoms with E-state index in [1.165, 1.54) is 4.57 Å². The number of fused-ring (bicyclic) bond motifs is 7. The fourth-order valence-corrected chi connectivity index (χ4v) is 6.33. The van der Waals surface area contributed by atoms with Crippen LogP contribution < -0.4 is 0 Å². The van der Waals surface area contributed by atoms with Crippen molar-refractivity contribution in [1.29, 1.82) is 0 Å². The molecule has 0 aliphatic rings. The molecule has 48 heavy (non-hydrogen) atoms. The summed E-state index contributed by atoms with van der Waals surface area (Å²) < 4.78 is 136. The molecular formula is C44H28N4. The molecule has 0 unspecified atom stereocenters. The Morgan fingerprint density at radius 3 is 1.69 bits per heavy atom. The predicted molar refractivity (Wildman–Crippen MR) is 199 cm³/mol. The van der Waals surface area contributed by atoms with Crippen LogP contribution in [0.4, 0.5) is 0 Å². The molecular weight excluding hydrogens is 585 g/mol. The van der Waals surface area contributed by atoms with Gasteiger partial charge in [-0.25, -0.2) is 9.97 Å². The minimum absolute atomic E-state index is 0.0905. The van der Waals surface area contributed by atoms with E-state index >= 15 is 0 Å². The van der Waals surface area contributed by atoms with Crippen molar-refractivity contribution >= 4 is 54.5 Å². The largest absolute Gasteiger partial charge is 0.309 e. The summed E-state index contributed by atoms with van der Waals surface area (Å²) in [6.45, 7) is 0. The van der Waals surface area contributed by atoms with Gasteiger partial charge in [-0.3, -0.25) is 0 Å². The van der Waals surface area contributed by atoms with E-state index in [-0.39, 0.29) is 43.6 Å². The predicted octanol–water partition coefficient (Wildman–Crippen LogP) is 11.2. The van der Waals surface area contributed by atoms with E-state index in [0.29, 0.717) is 28.3 Å². The third-order valence-electron chi connectivity index (χ3n) is 8.43. The summed E-state index contributed by atoms with van der Waals surface area (Å²) >= 11 is 0. The molecule has 0 aliphatic heterocycles. The Morgan fingerprint density at radius 2 is 1.00 bits per heavy atom. The maximum Gasteiger partial charge on any atom is 0.160 e. The van der Waals surface area contributed by atoms with E-state index in [1.807, 2.05) is 54.6 Å². The second kappa shape index (κ2) is 10.5. The van der Waals surface area contributed by atoms with Gasteiger partial charge in [0.05, 0.1) is 53.8 Å². The van der Waals surface area contributed by atoms with Crippen LogP contribution in [0.5, 0.6) is 0 Å². The van der Waals surface area contributed by atoms with Gasteiger partial charge in [0.2, 0.25) is 0 Å². The normalized spacial score (nSPS) is 16.1. The van der Waals surface area contributed by atoms with Gasteiger partial charge in [0.25, 0.3) is 0 Å². The molecule has 3 aromatic heterocycles. The number of rotatable bonds is 4. The van der Waals surface area contributed by atoms with Gasteiger partial charge in [-0.1, -0.05) is 103 Å². The molecule has 0 fully saturated rings. The third kappa shape index (κ3) is 4.03. The first-order chi connectivity index (χ1) is 30.1. The molecule has 0 amide bonds. The highest BCUT2D eigenvalue weighted by atomic mass is 15.0. The minimum atomic E-state index is -0.750. The van der Waals surface area contributed by atoms with Crippen LogP contribution in [0.15, 0.2) is 169 Å². The van der Waals surface area contributed by atoms with E-state index in [9.17, 15) is 2.74 Å². The van der Waals surface area contributed by atoms with E-state index in [1.54, 1.807) is 24.3 Å². The summed E-state index contributed by atoms with van der Waals surface area (Å²) in [5.74, 6) is 0.397. The highest BCUT2D eigenvalue weighted by Crippen LogP contribution is 2.40.